The number of benzene rings is 3. The Morgan fingerprint density at radius 1 is 0.906 bits per heavy atom. The fraction of sp³-hybridized carbons (Fsp3) is 0.280. The number of ether oxygens (including phenoxy) is 1. The van der Waals surface area contributed by atoms with Gasteiger partial charge in [0.15, 0.2) is 0 Å². The average Bonchev–Trinajstić information content (AvgIpc) is 3.15. The summed E-state index contributed by atoms with van der Waals surface area (Å²) in [5, 5.41) is 13.6. The minimum Gasteiger partial charge on any atom is -0.497 e. The Morgan fingerprint density at radius 2 is 1.50 bits per heavy atom. The maximum atomic E-state index is 13.0. The van der Waals surface area contributed by atoms with E-state index in [4.69, 9.17) is 4.74 Å². The molecule has 6 nitrogen and oxygen atoms in total. The van der Waals surface area contributed by atoms with Gasteiger partial charge in [0.1, 0.15) is 5.75 Å². The van der Waals surface area contributed by atoms with Crippen LogP contribution in [0.25, 0.3) is 21.8 Å². The van der Waals surface area contributed by atoms with Crippen molar-refractivity contribution in [3.05, 3.63) is 72.8 Å². The zero-order valence-corrected chi connectivity index (χ0v) is 18.6. The molecule has 1 aliphatic carbocycles. The molecular weight excluding hydrogens is 424 g/mol. The van der Waals surface area contributed by atoms with Gasteiger partial charge in [-0.05, 0) is 55.7 Å². The van der Waals surface area contributed by atoms with Gasteiger partial charge in [-0.1, -0.05) is 36.4 Å². The van der Waals surface area contributed by atoms with Crippen molar-refractivity contribution >= 4 is 31.8 Å². The highest BCUT2D eigenvalue weighted by Gasteiger charge is 2.36. The fourth-order valence-corrected chi connectivity index (χ4v) is 6.19. The summed E-state index contributed by atoms with van der Waals surface area (Å²) >= 11 is 0. The van der Waals surface area contributed by atoms with Crippen LogP contribution in [0.1, 0.15) is 25.3 Å². The van der Waals surface area contributed by atoms with Gasteiger partial charge in [0, 0.05) is 21.8 Å². The zero-order chi connectivity index (χ0) is 22.3. The molecule has 5 rings (SSSR count). The number of hydrogen-bond donors (Lipinski definition) is 2. The van der Waals surface area contributed by atoms with Crippen LogP contribution in [0.3, 0.4) is 0 Å². The first-order valence-electron chi connectivity index (χ1n) is 10.8. The molecule has 7 heteroatoms. The Balaban J connectivity index is 1.49. The summed E-state index contributed by atoms with van der Waals surface area (Å²) in [4.78, 5) is 0.157. The van der Waals surface area contributed by atoms with Crippen LogP contribution in [0.4, 0.5) is 0 Å². The standard InChI is InChI=1S/C25H26N2O4S/c1-31-17-13-15-18(16-14-17)32(29,30)26-21-9-6-12-24(25(21)28)27-22-10-4-2-7-19(22)20-8-3-5-11-23(20)27/h2-5,7-8,10-11,13-16,21,24-26,28H,6,9,12H2,1H3/t21-,24+,25+/m1/s1. The van der Waals surface area contributed by atoms with Gasteiger partial charge in [0.05, 0.1) is 30.2 Å². The van der Waals surface area contributed by atoms with E-state index in [-0.39, 0.29) is 10.9 Å². The molecule has 0 aliphatic heterocycles. The molecule has 0 saturated heterocycles. The molecular formula is C25H26N2O4S. The maximum Gasteiger partial charge on any atom is 0.240 e. The first-order valence-corrected chi connectivity index (χ1v) is 12.3. The number of hydrogen-bond acceptors (Lipinski definition) is 4. The van der Waals surface area contributed by atoms with E-state index >= 15 is 0 Å². The van der Waals surface area contributed by atoms with Crippen LogP contribution in [0.5, 0.6) is 5.75 Å². The predicted molar refractivity (Wildman–Crippen MR) is 125 cm³/mol. The van der Waals surface area contributed by atoms with E-state index in [1.165, 1.54) is 19.2 Å². The normalized spacial score (nSPS) is 21.8. The number of aliphatic hydroxyl groups is 1. The second kappa shape index (κ2) is 8.24. The summed E-state index contributed by atoms with van der Waals surface area (Å²) in [6.07, 6.45) is 1.34. The monoisotopic (exact) mass is 450 g/mol. The Hall–Kier alpha value is -2.87. The minimum absolute atomic E-state index is 0.157. The van der Waals surface area contributed by atoms with Crippen LogP contribution >= 0.6 is 0 Å². The molecule has 3 atom stereocenters. The van der Waals surface area contributed by atoms with Crippen LogP contribution < -0.4 is 9.46 Å². The highest BCUT2D eigenvalue weighted by Crippen LogP contribution is 2.38. The van der Waals surface area contributed by atoms with E-state index in [1.807, 2.05) is 24.3 Å². The van der Waals surface area contributed by atoms with Crippen molar-refractivity contribution in [2.75, 3.05) is 7.11 Å². The molecule has 0 unspecified atom stereocenters. The molecule has 166 valence electrons. The molecule has 1 fully saturated rings. The number of para-hydroxylation sites is 2. The molecule has 0 radical (unpaired) electrons. The van der Waals surface area contributed by atoms with Crippen molar-refractivity contribution in [1.29, 1.82) is 0 Å². The summed E-state index contributed by atoms with van der Waals surface area (Å²) < 4.78 is 36.0. The van der Waals surface area contributed by atoms with E-state index in [0.717, 1.165) is 34.6 Å². The Bertz CT molecular complexity index is 1310. The van der Waals surface area contributed by atoms with Crippen LogP contribution in [0.15, 0.2) is 77.7 Å². The van der Waals surface area contributed by atoms with Gasteiger partial charge in [-0.15, -0.1) is 0 Å². The maximum absolute atomic E-state index is 13.0. The smallest absolute Gasteiger partial charge is 0.240 e. The molecule has 0 spiro atoms. The molecule has 1 aliphatic rings. The van der Waals surface area contributed by atoms with Crippen molar-refractivity contribution in [3.63, 3.8) is 0 Å². The predicted octanol–water partition coefficient (Wildman–Crippen LogP) is 4.24. The fourth-order valence-electron chi connectivity index (χ4n) is 4.90. The van der Waals surface area contributed by atoms with Gasteiger partial charge >= 0.3 is 0 Å². The Labute approximate surface area is 187 Å². The lowest BCUT2D eigenvalue weighted by atomic mass is 9.88. The first kappa shape index (κ1) is 21.0. The number of nitrogens with one attached hydrogen (secondary N) is 1. The van der Waals surface area contributed by atoms with E-state index in [0.29, 0.717) is 12.2 Å². The van der Waals surface area contributed by atoms with Crippen molar-refractivity contribution in [3.8, 4) is 5.75 Å². The second-order valence-electron chi connectivity index (χ2n) is 8.30. The largest absolute Gasteiger partial charge is 0.497 e. The van der Waals surface area contributed by atoms with Crippen LogP contribution in [0, 0.1) is 0 Å². The summed E-state index contributed by atoms with van der Waals surface area (Å²) in [6.45, 7) is 0. The molecule has 3 aromatic carbocycles. The van der Waals surface area contributed by atoms with Crippen molar-refractivity contribution in [2.45, 2.75) is 42.3 Å². The molecule has 32 heavy (non-hydrogen) atoms. The SMILES string of the molecule is COc1ccc(S(=O)(=O)N[C@@H]2CCC[C@H](n3c4ccccc4c4ccccc43)[C@H]2O)cc1. The highest BCUT2D eigenvalue weighted by molar-refractivity contribution is 7.89. The molecule has 1 saturated carbocycles. The molecule has 1 aromatic heterocycles. The van der Waals surface area contributed by atoms with E-state index < -0.39 is 22.2 Å². The van der Waals surface area contributed by atoms with Gasteiger partial charge in [-0.25, -0.2) is 13.1 Å². The number of methoxy groups -OCH3 is 1. The van der Waals surface area contributed by atoms with Gasteiger partial charge in [-0.3, -0.25) is 0 Å². The third-order valence-corrected chi connectivity index (χ3v) is 7.95. The minimum atomic E-state index is -3.77. The molecule has 0 bridgehead atoms. The topological polar surface area (TPSA) is 80.6 Å². The molecule has 4 aromatic rings. The number of fused-ring (bicyclic) bond motifs is 3. The first-order chi connectivity index (χ1) is 15.5. The zero-order valence-electron chi connectivity index (χ0n) is 17.8. The van der Waals surface area contributed by atoms with Gasteiger partial charge in [0.25, 0.3) is 0 Å². The third kappa shape index (κ3) is 3.56. The number of nitrogens with zero attached hydrogens (tertiary/aromatic N) is 1. The summed E-state index contributed by atoms with van der Waals surface area (Å²) in [5.74, 6) is 0.591. The summed E-state index contributed by atoms with van der Waals surface area (Å²) in [6, 6.07) is 21.8. The van der Waals surface area contributed by atoms with Crippen LogP contribution in [0.2, 0.25) is 0 Å². The van der Waals surface area contributed by atoms with Crippen molar-refractivity contribution in [1.82, 2.24) is 9.29 Å². The van der Waals surface area contributed by atoms with E-state index in [1.54, 1.807) is 12.1 Å². The average molecular weight is 451 g/mol. The number of aromatic nitrogens is 1. The number of aliphatic hydroxyl groups excluding tert-OH is 1. The van der Waals surface area contributed by atoms with Crippen molar-refractivity contribution < 1.29 is 18.3 Å². The Kier molecular flexibility index (Phi) is 5.41. The lowest BCUT2D eigenvalue weighted by Crippen LogP contribution is -2.49. The van der Waals surface area contributed by atoms with E-state index in [2.05, 4.69) is 33.6 Å². The molecule has 0 amide bonds. The highest BCUT2D eigenvalue weighted by atomic mass is 32.2. The molecule has 1 heterocycles. The van der Waals surface area contributed by atoms with Gasteiger partial charge in [-0.2, -0.15) is 0 Å². The van der Waals surface area contributed by atoms with E-state index in [9.17, 15) is 13.5 Å². The lowest BCUT2D eigenvalue weighted by molar-refractivity contribution is 0.0547. The summed E-state index contributed by atoms with van der Waals surface area (Å²) in [5.41, 5.74) is 2.10. The quantitative estimate of drug-likeness (QED) is 0.477. The van der Waals surface area contributed by atoms with Gasteiger partial charge < -0.3 is 14.4 Å². The lowest BCUT2D eigenvalue weighted by Gasteiger charge is -2.36. The summed E-state index contributed by atoms with van der Waals surface area (Å²) in [7, 11) is -2.23. The van der Waals surface area contributed by atoms with Crippen LogP contribution in [-0.4, -0.2) is 37.3 Å². The second-order valence-corrected chi connectivity index (χ2v) is 10.0. The Morgan fingerprint density at radius 3 is 2.09 bits per heavy atom. The third-order valence-electron chi connectivity index (χ3n) is 6.45. The van der Waals surface area contributed by atoms with Gasteiger partial charge in [0.2, 0.25) is 10.0 Å². The van der Waals surface area contributed by atoms with Crippen molar-refractivity contribution in [2.24, 2.45) is 0 Å². The van der Waals surface area contributed by atoms with Crippen LogP contribution in [-0.2, 0) is 10.0 Å². The number of rotatable bonds is 5. The molecule has 2 N–H and O–H groups in total. The number of sulfonamides is 1.